The number of hydrogen-bond donors (Lipinski definition) is 2. The zero-order valence-corrected chi connectivity index (χ0v) is 18.4. The number of nitrogens with one attached hydrogen (secondary N) is 2. The second kappa shape index (κ2) is 11.4. The molecule has 0 atom stereocenters. The van der Waals surface area contributed by atoms with Crippen molar-refractivity contribution in [3.63, 3.8) is 0 Å². The Kier molecular flexibility index (Phi) is 9.17. The smallest absolute Gasteiger partial charge is 0.241 e. The maximum atomic E-state index is 12.2. The van der Waals surface area contributed by atoms with E-state index in [1.54, 1.807) is 0 Å². The SMILES string of the molecule is CCNC(=NCc1ccccc1OCC1CC1)NCC(=O)N1CCCC1.I. The number of hydrogen-bond acceptors (Lipinski definition) is 3. The van der Waals surface area contributed by atoms with Crippen LogP contribution in [0.25, 0.3) is 0 Å². The van der Waals surface area contributed by atoms with Crippen LogP contribution in [0.3, 0.4) is 0 Å². The van der Waals surface area contributed by atoms with Gasteiger partial charge in [0.2, 0.25) is 5.91 Å². The predicted octanol–water partition coefficient (Wildman–Crippen LogP) is 2.77. The third-order valence-electron chi connectivity index (χ3n) is 4.76. The highest BCUT2D eigenvalue weighted by Crippen LogP contribution is 2.30. The number of rotatable bonds is 8. The van der Waals surface area contributed by atoms with Gasteiger partial charge in [-0.1, -0.05) is 18.2 Å². The summed E-state index contributed by atoms with van der Waals surface area (Å²) >= 11 is 0. The molecular formula is C20H31IN4O2. The summed E-state index contributed by atoms with van der Waals surface area (Å²) in [5, 5.41) is 6.36. The highest BCUT2D eigenvalue weighted by atomic mass is 127. The van der Waals surface area contributed by atoms with Crippen LogP contribution < -0.4 is 15.4 Å². The first kappa shape index (κ1) is 21.8. The van der Waals surface area contributed by atoms with E-state index in [0.29, 0.717) is 12.5 Å². The lowest BCUT2D eigenvalue weighted by atomic mass is 10.2. The number of ether oxygens (including phenoxy) is 1. The molecule has 1 heterocycles. The van der Waals surface area contributed by atoms with Crippen molar-refractivity contribution in [1.29, 1.82) is 0 Å². The van der Waals surface area contributed by atoms with Gasteiger partial charge in [-0.05, 0) is 44.6 Å². The molecule has 1 aromatic carbocycles. The van der Waals surface area contributed by atoms with Gasteiger partial charge in [-0.25, -0.2) is 4.99 Å². The molecule has 0 radical (unpaired) electrons. The standard InChI is InChI=1S/C20H30N4O2.HI/c1-2-21-20(23-14-19(25)24-11-5-6-12-24)22-13-17-7-3-4-8-18(17)26-15-16-9-10-16;/h3-4,7-8,16H,2,5-6,9-15H2,1H3,(H2,21,22,23);1H. The Bertz CT molecular complexity index is 628. The van der Waals surface area contributed by atoms with Crippen molar-refractivity contribution in [2.75, 3.05) is 32.8 Å². The van der Waals surface area contributed by atoms with Crippen LogP contribution in [0.4, 0.5) is 0 Å². The van der Waals surface area contributed by atoms with Crippen LogP contribution in [0.2, 0.25) is 0 Å². The van der Waals surface area contributed by atoms with Crippen molar-refractivity contribution >= 4 is 35.8 Å². The van der Waals surface area contributed by atoms with Crippen LogP contribution in [0, 0.1) is 5.92 Å². The third kappa shape index (κ3) is 7.20. The first-order valence-electron chi connectivity index (χ1n) is 9.77. The molecule has 1 aliphatic heterocycles. The second-order valence-electron chi connectivity index (χ2n) is 7.00. The fourth-order valence-corrected chi connectivity index (χ4v) is 3.01. The zero-order valence-electron chi connectivity index (χ0n) is 16.1. The number of carbonyl (C=O) groups is 1. The molecule has 0 unspecified atom stereocenters. The fourth-order valence-electron chi connectivity index (χ4n) is 3.01. The van der Waals surface area contributed by atoms with E-state index in [0.717, 1.165) is 56.3 Å². The van der Waals surface area contributed by atoms with Gasteiger partial charge in [-0.15, -0.1) is 24.0 Å². The molecule has 7 heteroatoms. The fraction of sp³-hybridized carbons (Fsp3) is 0.600. The minimum atomic E-state index is 0. The largest absolute Gasteiger partial charge is 0.493 e. The van der Waals surface area contributed by atoms with Gasteiger partial charge in [0.25, 0.3) is 0 Å². The highest BCUT2D eigenvalue weighted by Gasteiger charge is 2.22. The number of para-hydroxylation sites is 1. The van der Waals surface area contributed by atoms with E-state index in [4.69, 9.17) is 4.74 Å². The minimum Gasteiger partial charge on any atom is -0.493 e. The van der Waals surface area contributed by atoms with Crippen LogP contribution in [0.15, 0.2) is 29.3 Å². The summed E-state index contributed by atoms with van der Waals surface area (Å²) in [6.07, 6.45) is 4.77. The molecule has 1 aliphatic carbocycles. The van der Waals surface area contributed by atoms with Crippen molar-refractivity contribution in [2.45, 2.75) is 39.2 Å². The molecule has 27 heavy (non-hydrogen) atoms. The quantitative estimate of drug-likeness (QED) is 0.337. The van der Waals surface area contributed by atoms with Gasteiger partial charge in [0.05, 0.1) is 19.7 Å². The lowest BCUT2D eigenvalue weighted by Crippen LogP contribution is -2.44. The molecule has 2 fully saturated rings. The lowest BCUT2D eigenvalue weighted by Gasteiger charge is -2.17. The number of nitrogens with zero attached hydrogens (tertiary/aromatic N) is 2. The molecule has 3 rings (SSSR count). The molecule has 6 nitrogen and oxygen atoms in total. The third-order valence-corrected chi connectivity index (χ3v) is 4.76. The highest BCUT2D eigenvalue weighted by molar-refractivity contribution is 14.0. The Morgan fingerprint density at radius 2 is 1.96 bits per heavy atom. The zero-order chi connectivity index (χ0) is 18.2. The van der Waals surface area contributed by atoms with Gasteiger partial charge < -0.3 is 20.3 Å². The Morgan fingerprint density at radius 3 is 2.67 bits per heavy atom. The molecule has 1 amide bonds. The van der Waals surface area contributed by atoms with Gasteiger partial charge in [0.15, 0.2) is 5.96 Å². The molecule has 2 N–H and O–H groups in total. The summed E-state index contributed by atoms with van der Waals surface area (Å²) in [6.45, 7) is 6.12. The topological polar surface area (TPSA) is 66.0 Å². The van der Waals surface area contributed by atoms with E-state index < -0.39 is 0 Å². The summed E-state index contributed by atoms with van der Waals surface area (Å²) in [5.74, 6) is 2.44. The van der Waals surface area contributed by atoms with Gasteiger partial charge in [0, 0.05) is 25.2 Å². The van der Waals surface area contributed by atoms with Gasteiger partial charge in [-0.2, -0.15) is 0 Å². The van der Waals surface area contributed by atoms with E-state index in [9.17, 15) is 4.79 Å². The summed E-state index contributed by atoms with van der Waals surface area (Å²) in [6, 6.07) is 8.05. The molecule has 0 aromatic heterocycles. The van der Waals surface area contributed by atoms with Crippen LogP contribution in [-0.4, -0.2) is 49.6 Å². The number of carbonyl (C=O) groups excluding carboxylic acids is 1. The number of amides is 1. The molecule has 0 bridgehead atoms. The van der Waals surface area contributed by atoms with Gasteiger partial charge >= 0.3 is 0 Å². The number of likely N-dealkylation sites (tertiary alicyclic amines) is 1. The van der Waals surface area contributed by atoms with Crippen molar-refractivity contribution in [1.82, 2.24) is 15.5 Å². The average Bonchev–Trinajstić information content (AvgIpc) is 3.33. The average molecular weight is 486 g/mol. The number of guanidine groups is 1. The Hall–Kier alpha value is -1.51. The lowest BCUT2D eigenvalue weighted by molar-refractivity contribution is -0.128. The maximum absolute atomic E-state index is 12.2. The molecule has 0 spiro atoms. The molecule has 2 aliphatic rings. The van der Waals surface area contributed by atoms with E-state index in [1.807, 2.05) is 36.1 Å². The second-order valence-corrected chi connectivity index (χ2v) is 7.00. The molecule has 1 aromatic rings. The molecular weight excluding hydrogens is 455 g/mol. The summed E-state index contributed by atoms with van der Waals surface area (Å²) in [5.41, 5.74) is 1.07. The van der Waals surface area contributed by atoms with Gasteiger partial charge in [-0.3, -0.25) is 4.79 Å². The number of benzene rings is 1. The van der Waals surface area contributed by atoms with Crippen LogP contribution in [0.5, 0.6) is 5.75 Å². The first-order chi connectivity index (χ1) is 12.8. The normalized spacial score (nSPS) is 16.6. The van der Waals surface area contributed by atoms with Crippen LogP contribution in [-0.2, 0) is 11.3 Å². The van der Waals surface area contributed by atoms with Crippen molar-refractivity contribution in [2.24, 2.45) is 10.9 Å². The summed E-state index contributed by atoms with van der Waals surface area (Å²) in [7, 11) is 0. The predicted molar refractivity (Wildman–Crippen MR) is 119 cm³/mol. The van der Waals surface area contributed by atoms with Crippen LogP contribution in [0.1, 0.15) is 38.2 Å². The monoisotopic (exact) mass is 486 g/mol. The minimum absolute atomic E-state index is 0. The number of halogens is 1. The Labute approximate surface area is 179 Å². The van der Waals surface area contributed by atoms with Crippen molar-refractivity contribution in [3.8, 4) is 5.75 Å². The summed E-state index contributed by atoms with van der Waals surface area (Å²) in [4.78, 5) is 18.7. The molecule has 1 saturated carbocycles. The Morgan fingerprint density at radius 1 is 1.22 bits per heavy atom. The van der Waals surface area contributed by atoms with Crippen molar-refractivity contribution < 1.29 is 9.53 Å². The maximum Gasteiger partial charge on any atom is 0.241 e. The molecule has 150 valence electrons. The van der Waals surface area contributed by atoms with E-state index in [-0.39, 0.29) is 36.4 Å². The summed E-state index contributed by atoms with van der Waals surface area (Å²) < 4.78 is 5.95. The van der Waals surface area contributed by atoms with Crippen LogP contribution >= 0.6 is 24.0 Å². The first-order valence-corrected chi connectivity index (χ1v) is 9.77. The van der Waals surface area contributed by atoms with Crippen molar-refractivity contribution in [3.05, 3.63) is 29.8 Å². The van der Waals surface area contributed by atoms with E-state index in [1.165, 1.54) is 12.8 Å². The molecule has 1 saturated heterocycles. The van der Waals surface area contributed by atoms with E-state index in [2.05, 4.69) is 15.6 Å². The van der Waals surface area contributed by atoms with E-state index >= 15 is 0 Å². The van der Waals surface area contributed by atoms with Gasteiger partial charge in [0.1, 0.15) is 5.75 Å². The Balaban J connectivity index is 0.00000261. The number of aliphatic imine (C=N–C) groups is 1.